The van der Waals surface area contributed by atoms with Gasteiger partial charge in [0, 0.05) is 42.5 Å². The molecule has 6 nitrogen and oxygen atoms in total. The molecule has 2 amide bonds. The van der Waals surface area contributed by atoms with Crippen molar-refractivity contribution in [1.82, 2.24) is 10.2 Å². The van der Waals surface area contributed by atoms with Crippen molar-refractivity contribution in [3.05, 3.63) is 65.2 Å². The lowest BCUT2D eigenvalue weighted by molar-refractivity contribution is 0.0342. The summed E-state index contributed by atoms with van der Waals surface area (Å²) in [6, 6.07) is 15.1. The molecule has 2 N–H and O–H groups in total. The first-order valence-corrected chi connectivity index (χ1v) is 10.8. The molecule has 1 aliphatic heterocycles. The molecule has 158 valence electrons. The molecule has 0 aromatic heterocycles. The van der Waals surface area contributed by atoms with E-state index in [1.807, 2.05) is 24.3 Å². The number of hydrogen-bond acceptors (Lipinski definition) is 4. The lowest BCUT2D eigenvalue weighted by Crippen LogP contribution is -2.35. The molecule has 0 spiro atoms. The predicted molar refractivity (Wildman–Crippen MR) is 117 cm³/mol. The van der Waals surface area contributed by atoms with Crippen LogP contribution in [-0.4, -0.2) is 49.1 Å². The Balaban J connectivity index is 1.34. The number of amides is 2. The van der Waals surface area contributed by atoms with Crippen molar-refractivity contribution in [3.63, 3.8) is 0 Å². The fourth-order valence-corrected chi connectivity index (χ4v) is 4.08. The van der Waals surface area contributed by atoms with E-state index in [-0.39, 0.29) is 11.8 Å². The zero-order chi connectivity index (χ0) is 20.8. The van der Waals surface area contributed by atoms with Gasteiger partial charge in [-0.2, -0.15) is 0 Å². The number of anilines is 1. The lowest BCUT2D eigenvalue weighted by Gasteiger charge is -2.26. The van der Waals surface area contributed by atoms with Crippen LogP contribution in [0.2, 0.25) is 0 Å². The Morgan fingerprint density at radius 2 is 1.67 bits per heavy atom. The van der Waals surface area contributed by atoms with E-state index in [4.69, 9.17) is 4.74 Å². The molecule has 2 aromatic rings. The van der Waals surface area contributed by atoms with Crippen molar-refractivity contribution in [1.29, 1.82) is 0 Å². The Bertz CT molecular complexity index is 870. The van der Waals surface area contributed by atoms with E-state index < -0.39 is 0 Å². The van der Waals surface area contributed by atoms with Crippen LogP contribution in [0.1, 0.15) is 52.0 Å². The average Bonchev–Trinajstić information content (AvgIpc) is 3.28. The number of morpholine rings is 1. The molecule has 4 rings (SSSR count). The number of ether oxygens (including phenoxy) is 1. The largest absolute Gasteiger partial charge is 0.379 e. The number of nitrogens with zero attached hydrogens (tertiary/aromatic N) is 1. The van der Waals surface area contributed by atoms with E-state index >= 15 is 0 Å². The van der Waals surface area contributed by atoms with Crippen molar-refractivity contribution < 1.29 is 14.3 Å². The molecule has 2 fully saturated rings. The number of nitrogens with one attached hydrogen (secondary N) is 2. The molecular formula is C24H29N3O3. The SMILES string of the molecule is O=C(Nc1ccc(C(=O)NC2CCCC2)cc1)c1cccc(CN2CCOCC2)c1. The second-order valence-electron chi connectivity index (χ2n) is 8.08. The maximum atomic E-state index is 12.7. The molecule has 1 heterocycles. The summed E-state index contributed by atoms with van der Waals surface area (Å²) in [7, 11) is 0. The molecule has 0 unspecified atom stereocenters. The van der Waals surface area contributed by atoms with E-state index in [1.165, 1.54) is 12.8 Å². The topological polar surface area (TPSA) is 70.7 Å². The number of benzene rings is 2. The van der Waals surface area contributed by atoms with Crippen molar-refractivity contribution in [2.45, 2.75) is 38.3 Å². The molecular weight excluding hydrogens is 378 g/mol. The van der Waals surface area contributed by atoms with Gasteiger partial charge in [0.05, 0.1) is 13.2 Å². The van der Waals surface area contributed by atoms with E-state index in [0.29, 0.717) is 22.9 Å². The highest BCUT2D eigenvalue weighted by Gasteiger charge is 2.18. The zero-order valence-electron chi connectivity index (χ0n) is 17.2. The minimum absolute atomic E-state index is 0.0457. The molecule has 0 bridgehead atoms. The normalized spacial score (nSPS) is 17.6. The molecule has 1 aliphatic carbocycles. The number of hydrogen-bond donors (Lipinski definition) is 2. The molecule has 2 aliphatic rings. The van der Waals surface area contributed by atoms with Gasteiger partial charge in [0.2, 0.25) is 0 Å². The minimum atomic E-state index is -0.151. The number of rotatable bonds is 6. The van der Waals surface area contributed by atoms with E-state index in [2.05, 4.69) is 15.5 Å². The van der Waals surface area contributed by atoms with Crippen LogP contribution in [0.15, 0.2) is 48.5 Å². The summed E-state index contributed by atoms with van der Waals surface area (Å²) in [5, 5.41) is 6.01. The van der Waals surface area contributed by atoms with Crippen LogP contribution in [0.5, 0.6) is 0 Å². The first kappa shape index (κ1) is 20.6. The highest BCUT2D eigenvalue weighted by molar-refractivity contribution is 6.04. The molecule has 1 saturated carbocycles. The Hall–Kier alpha value is -2.70. The van der Waals surface area contributed by atoms with E-state index in [9.17, 15) is 9.59 Å². The summed E-state index contributed by atoms with van der Waals surface area (Å²) in [5.41, 5.74) is 3.04. The standard InChI is InChI=1S/C24H29N3O3/c28-23(25-21-6-1-2-7-21)19-8-10-22(11-9-19)26-24(29)20-5-3-4-18(16-20)17-27-12-14-30-15-13-27/h3-5,8-11,16,21H,1-2,6-7,12-15,17H2,(H,25,28)(H,26,29). The predicted octanol–water partition coefficient (Wildman–Crippen LogP) is 3.44. The number of carbonyl (C=O) groups excluding carboxylic acids is 2. The Morgan fingerprint density at radius 3 is 2.40 bits per heavy atom. The first-order valence-electron chi connectivity index (χ1n) is 10.8. The Labute approximate surface area is 177 Å². The fraction of sp³-hybridized carbons (Fsp3) is 0.417. The van der Waals surface area contributed by atoms with Crippen molar-refractivity contribution in [3.8, 4) is 0 Å². The average molecular weight is 408 g/mol. The molecule has 6 heteroatoms. The van der Waals surface area contributed by atoms with E-state index in [1.54, 1.807) is 24.3 Å². The summed E-state index contributed by atoms with van der Waals surface area (Å²) in [4.78, 5) is 27.4. The maximum Gasteiger partial charge on any atom is 0.255 e. The lowest BCUT2D eigenvalue weighted by atomic mass is 10.1. The third-order valence-electron chi connectivity index (χ3n) is 5.79. The van der Waals surface area contributed by atoms with Gasteiger partial charge in [0.15, 0.2) is 0 Å². The van der Waals surface area contributed by atoms with Gasteiger partial charge in [-0.15, -0.1) is 0 Å². The first-order chi connectivity index (χ1) is 14.7. The molecule has 0 atom stereocenters. The zero-order valence-corrected chi connectivity index (χ0v) is 17.2. The van der Waals surface area contributed by atoms with Gasteiger partial charge in [-0.3, -0.25) is 14.5 Å². The second-order valence-corrected chi connectivity index (χ2v) is 8.08. The Morgan fingerprint density at radius 1 is 0.933 bits per heavy atom. The second kappa shape index (κ2) is 9.87. The molecule has 2 aromatic carbocycles. The van der Waals surface area contributed by atoms with Gasteiger partial charge in [-0.25, -0.2) is 0 Å². The highest BCUT2D eigenvalue weighted by atomic mass is 16.5. The van der Waals surface area contributed by atoms with Gasteiger partial charge in [-0.1, -0.05) is 25.0 Å². The number of carbonyl (C=O) groups is 2. The Kier molecular flexibility index (Phi) is 6.77. The summed E-state index contributed by atoms with van der Waals surface area (Å²) >= 11 is 0. The van der Waals surface area contributed by atoms with Gasteiger partial charge in [-0.05, 0) is 54.8 Å². The van der Waals surface area contributed by atoms with Gasteiger partial charge in [0.1, 0.15) is 0 Å². The smallest absolute Gasteiger partial charge is 0.255 e. The fourth-order valence-electron chi connectivity index (χ4n) is 4.08. The van der Waals surface area contributed by atoms with Crippen LogP contribution < -0.4 is 10.6 Å². The van der Waals surface area contributed by atoms with Crippen molar-refractivity contribution in [2.75, 3.05) is 31.6 Å². The molecule has 1 saturated heterocycles. The van der Waals surface area contributed by atoms with Crippen LogP contribution in [0.25, 0.3) is 0 Å². The summed E-state index contributed by atoms with van der Waals surface area (Å²) < 4.78 is 5.39. The third kappa shape index (κ3) is 5.46. The quantitative estimate of drug-likeness (QED) is 0.770. The summed E-state index contributed by atoms with van der Waals surface area (Å²) in [6.45, 7) is 4.16. The highest BCUT2D eigenvalue weighted by Crippen LogP contribution is 2.19. The maximum absolute atomic E-state index is 12.7. The third-order valence-corrected chi connectivity index (χ3v) is 5.79. The molecule has 30 heavy (non-hydrogen) atoms. The van der Waals surface area contributed by atoms with Crippen molar-refractivity contribution >= 4 is 17.5 Å². The van der Waals surface area contributed by atoms with Crippen LogP contribution in [0.3, 0.4) is 0 Å². The summed E-state index contributed by atoms with van der Waals surface area (Å²) in [5.74, 6) is -0.197. The van der Waals surface area contributed by atoms with Crippen LogP contribution in [-0.2, 0) is 11.3 Å². The van der Waals surface area contributed by atoms with Crippen LogP contribution >= 0.6 is 0 Å². The van der Waals surface area contributed by atoms with Gasteiger partial charge < -0.3 is 15.4 Å². The van der Waals surface area contributed by atoms with Gasteiger partial charge in [0.25, 0.3) is 11.8 Å². The van der Waals surface area contributed by atoms with Crippen LogP contribution in [0, 0.1) is 0 Å². The van der Waals surface area contributed by atoms with Gasteiger partial charge >= 0.3 is 0 Å². The minimum Gasteiger partial charge on any atom is -0.379 e. The van der Waals surface area contributed by atoms with E-state index in [0.717, 1.165) is 51.3 Å². The molecule has 0 radical (unpaired) electrons. The monoisotopic (exact) mass is 407 g/mol. The van der Waals surface area contributed by atoms with Crippen LogP contribution in [0.4, 0.5) is 5.69 Å². The summed E-state index contributed by atoms with van der Waals surface area (Å²) in [6.07, 6.45) is 4.49. The van der Waals surface area contributed by atoms with Crippen molar-refractivity contribution in [2.24, 2.45) is 0 Å².